The van der Waals surface area contributed by atoms with Crippen molar-refractivity contribution >= 4 is 5.78 Å². The van der Waals surface area contributed by atoms with Crippen LogP contribution < -0.4 is 4.74 Å². The molecule has 0 saturated heterocycles. The van der Waals surface area contributed by atoms with E-state index < -0.39 is 35.3 Å². The van der Waals surface area contributed by atoms with Gasteiger partial charge in [0.05, 0.1) is 5.56 Å². The molecular formula is C9H6F4O2. The molecule has 0 heterocycles. The molecular weight excluding hydrogens is 216 g/mol. The zero-order valence-electron chi connectivity index (χ0n) is 7.56. The molecule has 0 amide bonds. The molecule has 0 fully saturated rings. The molecule has 0 atom stereocenters. The number of alkyl halides is 2. The van der Waals surface area contributed by atoms with Gasteiger partial charge in [0, 0.05) is 0 Å². The monoisotopic (exact) mass is 222 g/mol. The molecule has 0 N–H and O–H groups in total. The maximum Gasteiger partial charge on any atom is 0.387 e. The first-order valence-electron chi connectivity index (χ1n) is 3.87. The highest BCUT2D eigenvalue weighted by molar-refractivity contribution is 5.94. The first-order chi connectivity index (χ1) is 6.93. The summed E-state index contributed by atoms with van der Waals surface area (Å²) in [5, 5.41) is 0. The van der Waals surface area contributed by atoms with Gasteiger partial charge >= 0.3 is 6.61 Å². The summed E-state index contributed by atoms with van der Waals surface area (Å²) < 4.78 is 53.2. The van der Waals surface area contributed by atoms with Crippen LogP contribution in [-0.4, -0.2) is 12.4 Å². The molecule has 1 aromatic carbocycles. The first kappa shape index (κ1) is 11.5. The van der Waals surface area contributed by atoms with E-state index in [1.165, 1.54) is 0 Å². The van der Waals surface area contributed by atoms with Crippen molar-refractivity contribution in [1.82, 2.24) is 0 Å². The fourth-order valence-corrected chi connectivity index (χ4v) is 1.00. The Morgan fingerprint density at radius 2 is 1.93 bits per heavy atom. The van der Waals surface area contributed by atoms with Crippen molar-refractivity contribution in [3.05, 3.63) is 29.3 Å². The normalized spacial score (nSPS) is 10.5. The number of halogens is 4. The van der Waals surface area contributed by atoms with Crippen molar-refractivity contribution in [2.75, 3.05) is 0 Å². The highest BCUT2D eigenvalue weighted by Gasteiger charge is 2.20. The van der Waals surface area contributed by atoms with Crippen LogP contribution in [0.5, 0.6) is 5.75 Å². The Kier molecular flexibility index (Phi) is 3.28. The third-order valence-corrected chi connectivity index (χ3v) is 1.64. The maximum atomic E-state index is 13.2. The summed E-state index contributed by atoms with van der Waals surface area (Å²) in [4.78, 5) is 10.8. The van der Waals surface area contributed by atoms with Gasteiger partial charge in [-0.1, -0.05) is 0 Å². The van der Waals surface area contributed by atoms with Crippen LogP contribution in [0.2, 0.25) is 0 Å². The summed E-state index contributed by atoms with van der Waals surface area (Å²) in [7, 11) is 0. The lowest BCUT2D eigenvalue weighted by molar-refractivity contribution is -0.0547. The number of carbonyl (C=O) groups is 1. The van der Waals surface area contributed by atoms with Crippen LogP contribution in [0, 0.1) is 11.6 Å². The minimum Gasteiger partial charge on any atom is -0.429 e. The van der Waals surface area contributed by atoms with Gasteiger partial charge in [0.25, 0.3) is 0 Å². The predicted molar refractivity (Wildman–Crippen MR) is 43.0 cm³/mol. The molecule has 0 unspecified atom stereocenters. The van der Waals surface area contributed by atoms with E-state index in [2.05, 4.69) is 4.74 Å². The highest BCUT2D eigenvalue weighted by atomic mass is 19.3. The van der Waals surface area contributed by atoms with Crippen molar-refractivity contribution in [2.45, 2.75) is 13.5 Å². The summed E-state index contributed by atoms with van der Waals surface area (Å²) >= 11 is 0. The second kappa shape index (κ2) is 4.29. The fourth-order valence-electron chi connectivity index (χ4n) is 1.00. The van der Waals surface area contributed by atoms with Crippen molar-refractivity contribution < 1.29 is 27.1 Å². The third-order valence-electron chi connectivity index (χ3n) is 1.64. The van der Waals surface area contributed by atoms with Crippen molar-refractivity contribution in [3.63, 3.8) is 0 Å². The second-order valence-electron chi connectivity index (χ2n) is 2.67. The van der Waals surface area contributed by atoms with E-state index in [-0.39, 0.29) is 0 Å². The van der Waals surface area contributed by atoms with Gasteiger partial charge in [-0.25, -0.2) is 8.78 Å². The molecule has 2 nitrogen and oxygen atoms in total. The van der Waals surface area contributed by atoms with Gasteiger partial charge in [-0.3, -0.25) is 4.79 Å². The summed E-state index contributed by atoms with van der Waals surface area (Å²) in [5.74, 6) is -4.63. The lowest BCUT2D eigenvalue weighted by atomic mass is 10.1. The van der Waals surface area contributed by atoms with Crippen LogP contribution in [-0.2, 0) is 0 Å². The lowest BCUT2D eigenvalue weighted by Crippen LogP contribution is -2.08. The minimum absolute atomic E-state index is 0.493. The van der Waals surface area contributed by atoms with Crippen LogP contribution in [0.25, 0.3) is 0 Å². The van der Waals surface area contributed by atoms with Crippen LogP contribution in [0.3, 0.4) is 0 Å². The summed E-state index contributed by atoms with van der Waals surface area (Å²) in [6.07, 6.45) is 0. The quantitative estimate of drug-likeness (QED) is 0.580. The molecule has 0 aliphatic heterocycles. The molecule has 0 aliphatic carbocycles. The van der Waals surface area contributed by atoms with E-state index >= 15 is 0 Å². The highest BCUT2D eigenvalue weighted by Crippen LogP contribution is 2.26. The second-order valence-corrected chi connectivity index (χ2v) is 2.67. The Balaban J connectivity index is 3.24. The van der Waals surface area contributed by atoms with E-state index in [1.807, 2.05) is 0 Å². The number of hydrogen-bond donors (Lipinski definition) is 0. The molecule has 0 aliphatic rings. The molecule has 0 radical (unpaired) electrons. The molecule has 0 saturated carbocycles. The number of ether oxygens (including phenoxy) is 1. The van der Waals surface area contributed by atoms with E-state index in [1.54, 1.807) is 0 Å². The van der Waals surface area contributed by atoms with Crippen molar-refractivity contribution in [1.29, 1.82) is 0 Å². The predicted octanol–water partition coefficient (Wildman–Crippen LogP) is 2.77. The van der Waals surface area contributed by atoms with Crippen molar-refractivity contribution in [3.8, 4) is 5.75 Å². The summed E-state index contributed by atoms with van der Waals surface area (Å²) in [5.41, 5.74) is -0.493. The zero-order valence-corrected chi connectivity index (χ0v) is 7.56. The fraction of sp³-hybridized carbons (Fsp3) is 0.222. The van der Waals surface area contributed by atoms with Gasteiger partial charge in [0.2, 0.25) is 0 Å². The SMILES string of the molecule is CC(=O)c1ccc(F)c(OC(F)F)c1F. The van der Waals surface area contributed by atoms with E-state index in [0.29, 0.717) is 6.07 Å². The molecule has 82 valence electrons. The Morgan fingerprint density at radius 3 is 2.40 bits per heavy atom. The maximum absolute atomic E-state index is 13.2. The van der Waals surface area contributed by atoms with Gasteiger partial charge in [-0.05, 0) is 19.1 Å². The van der Waals surface area contributed by atoms with Gasteiger partial charge < -0.3 is 4.74 Å². The van der Waals surface area contributed by atoms with Crippen LogP contribution in [0.1, 0.15) is 17.3 Å². The van der Waals surface area contributed by atoms with Crippen molar-refractivity contribution in [2.24, 2.45) is 0 Å². The number of rotatable bonds is 3. The first-order valence-corrected chi connectivity index (χ1v) is 3.87. The lowest BCUT2D eigenvalue weighted by Gasteiger charge is -2.08. The average Bonchev–Trinajstić information content (AvgIpc) is 2.11. The van der Waals surface area contributed by atoms with Gasteiger partial charge in [0.1, 0.15) is 0 Å². The topological polar surface area (TPSA) is 26.3 Å². The Labute approximate surface area is 82.5 Å². The van der Waals surface area contributed by atoms with E-state index in [9.17, 15) is 22.4 Å². The minimum atomic E-state index is -3.35. The average molecular weight is 222 g/mol. The number of ketones is 1. The smallest absolute Gasteiger partial charge is 0.387 e. The number of hydrogen-bond acceptors (Lipinski definition) is 2. The molecule has 15 heavy (non-hydrogen) atoms. The standard InChI is InChI=1S/C9H6F4O2/c1-4(14)5-2-3-6(10)8(7(5)11)15-9(12)13/h2-3,9H,1H3. The number of Topliss-reactive ketones (excluding diaryl/α,β-unsaturated/α-hetero) is 1. The molecule has 1 rings (SSSR count). The van der Waals surface area contributed by atoms with E-state index in [4.69, 9.17) is 0 Å². The number of benzene rings is 1. The summed E-state index contributed by atoms with van der Waals surface area (Å²) in [6.45, 7) is -2.32. The summed E-state index contributed by atoms with van der Waals surface area (Å²) in [6, 6.07) is 1.56. The van der Waals surface area contributed by atoms with Crippen LogP contribution in [0.4, 0.5) is 17.6 Å². The Bertz CT molecular complexity index is 390. The van der Waals surface area contributed by atoms with Crippen LogP contribution >= 0.6 is 0 Å². The van der Waals surface area contributed by atoms with Gasteiger partial charge in [-0.2, -0.15) is 8.78 Å². The molecule has 0 spiro atoms. The molecule has 6 heteroatoms. The third kappa shape index (κ3) is 2.45. The van der Waals surface area contributed by atoms with Gasteiger partial charge in [-0.15, -0.1) is 0 Å². The van der Waals surface area contributed by atoms with Crippen LogP contribution in [0.15, 0.2) is 12.1 Å². The largest absolute Gasteiger partial charge is 0.429 e. The Hall–Kier alpha value is -1.59. The number of carbonyl (C=O) groups excluding carboxylic acids is 1. The molecule has 1 aromatic rings. The Morgan fingerprint density at radius 1 is 1.33 bits per heavy atom. The molecule has 0 bridgehead atoms. The van der Waals surface area contributed by atoms with Gasteiger partial charge in [0.15, 0.2) is 23.2 Å². The van der Waals surface area contributed by atoms with E-state index in [0.717, 1.165) is 13.0 Å². The zero-order chi connectivity index (χ0) is 11.6. The molecule has 0 aromatic heterocycles.